The molecule has 3 heteroatoms. The number of halogens is 2. The average Bonchev–Trinajstić information content (AvgIpc) is 2.15. The van der Waals surface area contributed by atoms with Crippen molar-refractivity contribution in [2.24, 2.45) is 0 Å². The fraction of sp³-hybridized carbons (Fsp3) is 0.200. The second-order valence-corrected chi connectivity index (χ2v) is 6.26. The van der Waals surface area contributed by atoms with Gasteiger partial charge in [0.15, 0.2) is 0 Å². The van der Waals surface area contributed by atoms with E-state index in [0.29, 0.717) is 0 Å². The minimum absolute atomic E-state index is 0.997. The second-order valence-electron chi connectivity index (χ2n) is 2.73. The van der Waals surface area contributed by atoms with Gasteiger partial charge in [0.1, 0.15) is 6.63 Å². The van der Waals surface area contributed by atoms with Crippen LogP contribution >= 0.6 is 29.1 Å². The summed E-state index contributed by atoms with van der Waals surface area (Å²) >= 11 is 11.5. The topological polar surface area (TPSA) is 0 Å². The highest BCUT2D eigenvalue weighted by molar-refractivity contribution is 8.08. The van der Waals surface area contributed by atoms with E-state index in [1.165, 1.54) is 5.56 Å². The van der Waals surface area contributed by atoms with E-state index < -0.39 is 6.63 Å². The van der Waals surface area contributed by atoms with Gasteiger partial charge in [-0.1, -0.05) is 52.8 Å². The first kappa shape index (κ1) is 11.0. The Morgan fingerprint density at radius 1 is 1.23 bits per heavy atom. The van der Waals surface area contributed by atoms with Gasteiger partial charge in [0.05, 0.1) is 0 Å². The number of allylic oxidation sites excluding steroid dienone is 1. The van der Waals surface area contributed by atoms with Gasteiger partial charge in [0.25, 0.3) is 0 Å². The number of hydrogen-bond acceptors (Lipinski definition) is 0. The largest absolute Gasteiger partial charge is 0.116 e. The third-order valence-corrected chi connectivity index (χ3v) is 3.63. The first-order valence-electron chi connectivity index (χ1n) is 4.05. The smallest absolute Gasteiger partial charge is 0.103 e. The van der Waals surface area contributed by atoms with Crippen LogP contribution in [-0.4, -0.2) is 0 Å². The van der Waals surface area contributed by atoms with Crippen LogP contribution in [0.4, 0.5) is 0 Å². The standard InChI is InChI=1S/C10H11Cl2P/c1-2-3-4-9-5-7-10(8-6-9)13(11)12/h2,5-8H,1,3-4H2. The van der Waals surface area contributed by atoms with Gasteiger partial charge in [-0.15, -0.1) is 6.58 Å². The van der Waals surface area contributed by atoms with Crippen molar-refractivity contribution < 1.29 is 0 Å². The molecular formula is C10H11Cl2P. The van der Waals surface area contributed by atoms with Crippen LogP contribution < -0.4 is 5.30 Å². The van der Waals surface area contributed by atoms with Crippen LogP contribution in [0.2, 0.25) is 0 Å². The Balaban J connectivity index is 2.64. The van der Waals surface area contributed by atoms with Crippen molar-refractivity contribution in [3.8, 4) is 0 Å². The Morgan fingerprint density at radius 2 is 1.85 bits per heavy atom. The van der Waals surface area contributed by atoms with Gasteiger partial charge < -0.3 is 0 Å². The highest BCUT2D eigenvalue weighted by Crippen LogP contribution is 2.45. The molecule has 70 valence electrons. The van der Waals surface area contributed by atoms with E-state index in [0.717, 1.165) is 18.1 Å². The lowest BCUT2D eigenvalue weighted by Gasteiger charge is -2.02. The molecule has 0 atom stereocenters. The van der Waals surface area contributed by atoms with Gasteiger partial charge in [-0.05, 0) is 18.4 Å². The average molecular weight is 233 g/mol. The normalized spacial score (nSPS) is 10.4. The third-order valence-electron chi connectivity index (χ3n) is 1.77. The molecule has 0 unspecified atom stereocenters. The maximum atomic E-state index is 5.77. The van der Waals surface area contributed by atoms with Crippen molar-refractivity contribution in [2.45, 2.75) is 12.8 Å². The zero-order valence-electron chi connectivity index (χ0n) is 7.21. The minimum atomic E-state index is -0.997. The van der Waals surface area contributed by atoms with Crippen LogP contribution in [0, 0.1) is 0 Å². The van der Waals surface area contributed by atoms with Crippen molar-refractivity contribution in [2.75, 3.05) is 0 Å². The van der Waals surface area contributed by atoms with E-state index >= 15 is 0 Å². The van der Waals surface area contributed by atoms with Crippen LogP contribution in [-0.2, 0) is 6.42 Å². The Bertz CT molecular complexity index is 267. The zero-order chi connectivity index (χ0) is 9.68. The number of benzene rings is 1. The predicted molar refractivity (Wildman–Crippen MR) is 63.2 cm³/mol. The van der Waals surface area contributed by atoms with Gasteiger partial charge in [-0.25, -0.2) is 0 Å². The summed E-state index contributed by atoms with van der Waals surface area (Å²) in [5, 5.41) is 1.01. The highest BCUT2D eigenvalue weighted by Gasteiger charge is 2.02. The molecule has 0 N–H and O–H groups in total. The second kappa shape index (κ2) is 5.65. The summed E-state index contributed by atoms with van der Waals surface area (Å²) in [5.41, 5.74) is 1.30. The number of hydrogen-bond donors (Lipinski definition) is 0. The molecule has 0 aliphatic carbocycles. The molecule has 0 aliphatic rings. The predicted octanol–water partition coefficient (Wildman–Crippen LogP) is 4.22. The van der Waals surface area contributed by atoms with E-state index in [9.17, 15) is 0 Å². The van der Waals surface area contributed by atoms with Crippen molar-refractivity contribution in [1.29, 1.82) is 0 Å². The minimum Gasteiger partial charge on any atom is -0.103 e. The lowest BCUT2D eigenvalue weighted by molar-refractivity contribution is 1.01. The fourth-order valence-corrected chi connectivity index (χ4v) is 2.09. The molecule has 0 aromatic heterocycles. The fourth-order valence-electron chi connectivity index (χ4n) is 1.04. The maximum Gasteiger partial charge on any atom is 0.116 e. The van der Waals surface area contributed by atoms with Crippen LogP contribution in [0.25, 0.3) is 0 Å². The molecular weight excluding hydrogens is 222 g/mol. The third kappa shape index (κ3) is 3.68. The monoisotopic (exact) mass is 232 g/mol. The van der Waals surface area contributed by atoms with Crippen molar-refractivity contribution in [3.63, 3.8) is 0 Å². The molecule has 1 aromatic rings. The lowest BCUT2D eigenvalue weighted by atomic mass is 10.1. The summed E-state index contributed by atoms with van der Waals surface area (Å²) in [6.45, 7) is 2.69. The van der Waals surface area contributed by atoms with Crippen LogP contribution in [0.5, 0.6) is 0 Å². The van der Waals surface area contributed by atoms with E-state index in [-0.39, 0.29) is 0 Å². The van der Waals surface area contributed by atoms with Crippen LogP contribution in [0.15, 0.2) is 36.9 Å². The summed E-state index contributed by atoms with van der Waals surface area (Å²) in [4.78, 5) is 0. The van der Waals surface area contributed by atoms with Gasteiger partial charge in [-0.2, -0.15) is 0 Å². The lowest BCUT2D eigenvalue weighted by Crippen LogP contribution is -1.94. The summed E-state index contributed by atoms with van der Waals surface area (Å²) in [5.74, 6) is 0. The molecule has 0 amide bonds. The van der Waals surface area contributed by atoms with E-state index in [1.807, 2.05) is 18.2 Å². The van der Waals surface area contributed by atoms with Gasteiger partial charge in [0, 0.05) is 5.30 Å². The Morgan fingerprint density at radius 3 is 2.31 bits per heavy atom. The summed E-state index contributed by atoms with van der Waals surface area (Å²) < 4.78 is 0. The van der Waals surface area contributed by atoms with Gasteiger partial charge >= 0.3 is 0 Å². The summed E-state index contributed by atoms with van der Waals surface area (Å²) in [6, 6.07) is 8.12. The van der Waals surface area contributed by atoms with Gasteiger partial charge in [-0.3, -0.25) is 0 Å². The Kier molecular flexibility index (Phi) is 4.80. The van der Waals surface area contributed by atoms with Gasteiger partial charge in [0.2, 0.25) is 0 Å². The molecule has 0 fully saturated rings. The molecule has 0 aliphatic heterocycles. The Labute approximate surface area is 89.9 Å². The van der Waals surface area contributed by atoms with E-state index in [2.05, 4.69) is 18.7 Å². The quantitative estimate of drug-likeness (QED) is 0.539. The molecule has 1 rings (SSSR count). The molecule has 0 radical (unpaired) electrons. The number of rotatable bonds is 4. The van der Waals surface area contributed by atoms with Crippen molar-refractivity contribution in [1.82, 2.24) is 0 Å². The summed E-state index contributed by atoms with van der Waals surface area (Å²) in [6.07, 6.45) is 3.96. The first-order valence-corrected chi connectivity index (χ1v) is 7.20. The molecule has 0 bridgehead atoms. The molecule has 0 spiro atoms. The molecule has 0 saturated carbocycles. The SMILES string of the molecule is C=CCCc1ccc(P(Cl)Cl)cc1. The van der Waals surface area contributed by atoms with Crippen molar-refractivity contribution in [3.05, 3.63) is 42.5 Å². The maximum absolute atomic E-state index is 5.77. The van der Waals surface area contributed by atoms with Crippen molar-refractivity contribution >= 4 is 34.4 Å². The summed E-state index contributed by atoms with van der Waals surface area (Å²) in [7, 11) is 0. The Hall–Kier alpha value is -0.0300. The number of aryl methyl sites for hydroxylation is 1. The van der Waals surface area contributed by atoms with Crippen LogP contribution in [0.1, 0.15) is 12.0 Å². The molecule has 0 saturated heterocycles. The first-order chi connectivity index (χ1) is 6.24. The molecule has 1 aromatic carbocycles. The molecule has 0 nitrogen and oxygen atoms in total. The molecule has 13 heavy (non-hydrogen) atoms. The van der Waals surface area contributed by atoms with E-state index in [1.54, 1.807) is 0 Å². The van der Waals surface area contributed by atoms with E-state index in [4.69, 9.17) is 22.5 Å². The highest BCUT2D eigenvalue weighted by atomic mass is 35.9. The van der Waals surface area contributed by atoms with Crippen LogP contribution in [0.3, 0.4) is 0 Å². The zero-order valence-corrected chi connectivity index (χ0v) is 9.62. The molecule has 0 heterocycles.